The van der Waals surface area contributed by atoms with Gasteiger partial charge in [0.05, 0.1) is 0 Å². The number of anilines is 1. The van der Waals surface area contributed by atoms with Crippen LogP contribution in [0.15, 0.2) is 24.3 Å². The zero-order valence-corrected chi connectivity index (χ0v) is 11.7. The van der Waals surface area contributed by atoms with Crippen LogP contribution < -0.4 is 5.32 Å². The number of rotatable bonds is 7. The minimum absolute atomic E-state index is 0.0487. The van der Waals surface area contributed by atoms with Crippen molar-refractivity contribution in [1.82, 2.24) is 0 Å². The SMILES string of the molecule is N#C[Se]CCCCCC(=O)Nc1ccc(F)cc1. The van der Waals surface area contributed by atoms with Crippen molar-refractivity contribution in [3.8, 4) is 4.97 Å². The number of carbonyl (C=O) groups is 1. The van der Waals surface area contributed by atoms with Crippen molar-refractivity contribution in [2.24, 2.45) is 0 Å². The molecule has 1 aromatic rings. The Morgan fingerprint density at radius 3 is 2.67 bits per heavy atom. The van der Waals surface area contributed by atoms with Crippen LogP contribution in [0.2, 0.25) is 5.32 Å². The summed E-state index contributed by atoms with van der Waals surface area (Å²) in [6, 6.07) is 5.73. The van der Waals surface area contributed by atoms with Crippen LogP contribution in [0.1, 0.15) is 25.7 Å². The zero-order valence-electron chi connectivity index (χ0n) is 9.99. The van der Waals surface area contributed by atoms with Gasteiger partial charge in [0, 0.05) is 0 Å². The molecule has 0 aliphatic rings. The van der Waals surface area contributed by atoms with Crippen LogP contribution in [0.5, 0.6) is 0 Å². The van der Waals surface area contributed by atoms with Gasteiger partial charge in [0.25, 0.3) is 0 Å². The van der Waals surface area contributed by atoms with Gasteiger partial charge in [-0.15, -0.1) is 0 Å². The molecule has 0 bridgehead atoms. The standard InChI is InChI=1S/C13H15FN2OSe/c14-11-5-7-12(8-6-11)16-13(17)4-2-1-3-9-18-10-15/h5-8H,1-4,9H2,(H,16,17). The summed E-state index contributed by atoms with van der Waals surface area (Å²) in [5, 5.41) is 12.1. The van der Waals surface area contributed by atoms with Gasteiger partial charge in [-0.05, 0) is 0 Å². The van der Waals surface area contributed by atoms with Crippen molar-refractivity contribution in [3.63, 3.8) is 0 Å². The Bertz CT molecular complexity index is 414. The van der Waals surface area contributed by atoms with E-state index in [0.717, 1.165) is 24.6 Å². The van der Waals surface area contributed by atoms with Gasteiger partial charge in [-0.2, -0.15) is 0 Å². The third-order valence-electron chi connectivity index (χ3n) is 2.34. The number of hydrogen-bond acceptors (Lipinski definition) is 2. The molecule has 0 saturated heterocycles. The minimum atomic E-state index is -0.313. The van der Waals surface area contributed by atoms with Gasteiger partial charge in [0.15, 0.2) is 0 Å². The van der Waals surface area contributed by atoms with E-state index in [0.29, 0.717) is 12.1 Å². The fourth-order valence-corrected chi connectivity index (χ4v) is 2.36. The Morgan fingerprint density at radius 1 is 1.28 bits per heavy atom. The second-order valence-electron chi connectivity index (χ2n) is 3.81. The fourth-order valence-electron chi connectivity index (χ4n) is 1.44. The number of nitriles is 1. The number of carbonyl (C=O) groups excluding carboxylic acids is 1. The molecular weight excluding hydrogens is 298 g/mol. The van der Waals surface area contributed by atoms with Gasteiger partial charge >= 0.3 is 112 Å². The van der Waals surface area contributed by atoms with Crippen LogP contribution in [-0.2, 0) is 4.79 Å². The van der Waals surface area contributed by atoms with E-state index in [4.69, 9.17) is 5.26 Å². The van der Waals surface area contributed by atoms with Gasteiger partial charge < -0.3 is 0 Å². The Morgan fingerprint density at radius 2 is 2.00 bits per heavy atom. The number of unbranched alkanes of at least 4 members (excludes halogenated alkanes) is 2. The first-order valence-corrected chi connectivity index (χ1v) is 7.85. The van der Waals surface area contributed by atoms with Gasteiger partial charge in [-0.25, -0.2) is 0 Å². The molecule has 1 N–H and O–H groups in total. The molecule has 0 aliphatic carbocycles. The molecule has 96 valence electrons. The van der Waals surface area contributed by atoms with Crippen molar-refractivity contribution in [2.45, 2.75) is 31.0 Å². The van der Waals surface area contributed by atoms with Crippen LogP contribution in [0.25, 0.3) is 0 Å². The first kappa shape index (κ1) is 14.7. The number of hydrogen-bond donors (Lipinski definition) is 1. The van der Waals surface area contributed by atoms with Crippen molar-refractivity contribution < 1.29 is 9.18 Å². The van der Waals surface area contributed by atoms with Crippen molar-refractivity contribution in [1.29, 1.82) is 5.26 Å². The number of amides is 1. The van der Waals surface area contributed by atoms with E-state index < -0.39 is 0 Å². The fraction of sp³-hybridized carbons (Fsp3) is 0.385. The predicted octanol–water partition coefficient (Wildman–Crippen LogP) is 2.93. The van der Waals surface area contributed by atoms with Gasteiger partial charge in [-0.1, -0.05) is 0 Å². The van der Waals surface area contributed by atoms with E-state index in [9.17, 15) is 9.18 Å². The molecule has 18 heavy (non-hydrogen) atoms. The molecule has 0 atom stereocenters. The summed E-state index contributed by atoms with van der Waals surface area (Å²) in [6.45, 7) is 0. The van der Waals surface area contributed by atoms with E-state index in [1.165, 1.54) is 12.1 Å². The second kappa shape index (κ2) is 8.68. The summed E-state index contributed by atoms with van der Waals surface area (Å²) in [5.41, 5.74) is 0.620. The molecule has 1 rings (SSSR count). The van der Waals surface area contributed by atoms with Crippen LogP contribution in [-0.4, -0.2) is 20.9 Å². The predicted molar refractivity (Wildman–Crippen MR) is 69.7 cm³/mol. The Balaban J connectivity index is 2.14. The van der Waals surface area contributed by atoms with Crippen LogP contribution in [0.4, 0.5) is 10.1 Å². The maximum absolute atomic E-state index is 12.6. The summed E-state index contributed by atoms with van der Waals surface area (Å²) in [5.74, 6) is -0.361. The van der Waals surface area contributed by atoms with Crippen molar-refractivity contribution in [2.75, 3.05) is 5.32 Å². The zero-order chi connectivity index (χ0) is 13.2. The van der Waals surface area contributed by atoms with Gasteiger partial charge in [-0.3, -0.25) is 0 Å². The normalized spacial score (nSPS) is 9.78. The molecule has 0 aromatic heterocycles. The van der Waals surface area contributed by atoms with E-state index in [-0.39, 0.29) is 26.7 Å². The molecule has 0 radical (unpaired) electrons. The molecular formula is C13H15FN2OSe. The number of nitrogens with one attached hydrogen (secondary N) is 1. The number of halogens is 1. The average Bonchev–Trinajstić information content (AvgIpc) is 2.36. The molecule has 0 spiro atoms. The Hall–Kier alpha value is -1.37. The van der Waals surface area contributed by atoms with E-state index in [1.807, 2.05) is 0 Å². The third kappa shape index (κ3) is 6.39. The summed E-state index contributed by atoms with van der Waals surface area (Å²) in [7, 11) is 0. The quantitative estimate of drug-likeness (QED) is 0.621. The van der Waals surface area contributed by atoms with Gasteiger partial charge in [0.1, 0.15) is 0 Å². The number of benzene rings is 1. The van der Waals surface area contributed by atoms with Crippen LogP contribution >= 0.6 is 0 Å². The molecule has 0 saturated carbocycles. The first-order valence-electron chi connectivity index (χ1n) is 5.78. The average molecular weight is 313 g/mol. The molecule has 0 unspecified atom stereocenters. The second-order valence-corrected chi connectivity index (χ2v) is 5.65. The topological polar surface area (TPSA) is 52.9 Å². The van der Waals surface area contributed by atoms with Crippen molar-refractivity contribution >= 4 is 26.6 Å². The monoisotopic (exact) mass is 314 g/mol. The Labute approximate surface area is 113 Å². The summed E-state index contributed by atoms with van der Waals surface area (Å²) < 4.78 is 12.6. The molecule has 3 nitrogen and oxygen atoms in total. The van der Waals surface area contributed by atoms with E-state index in [2.05, 4.69) is 10.3 Å². The summed E-state index contributed by atoms with van der Waals surface area (Å²) >= 11 is 0.0936. The maximum atomic E-state index is 12.6. The number of nitrogens with zero attached hydrogens (tertiary/aromatic N) is 1. The third-order valence-corrected chi connectivity index (χ3v) is 3.65. The summed E-state index contributed by atoms with van der Waals surface area (Å²) in [6.07, 6.45) is 3.28. The van der Waals surface area contributed by atoms with Crippen LogP contribution in [0, 0.1) is 16.0 Å². The molecule has 0 aliphatic heterocycles. The van der Waals surface area contributed by atoms with Crippen LogP contribution in [0.3, 0.4) is 0 Å². The van der Waals surface area contributed by atoms with Crippen molar-refractivity contribution in [3.05, 3.63) is 30.1 Å². The summed E-state index contributed by atoms with van der Waals surface area (Å²) in [4.78, 5) is 13.7. The molecule has 1 amide bonds. The van der Waals surface area contributed by atoms with Gasteiger partial charge in [0.2, 0.25) is 0 Å². The Kier molecular flexibility index (Phi) is 7.08. The molecule has 1 aromatic carbocycles. The first-order chi connectivity index (χ1) is 8.72. The molecule has 5 heteroatoms. The van der Waals surface area contributed by atoms with E-state index in [1.54, 1.807) is 12.1 Å². The molecule has 0 fully saturated rings. The van der Waals surface area contributed by atoms with E-state index >= 15 is 0 Å². The molecule has 0 heterocycles.